The van der Waals surface area contributed by atoms with E-state index < -0.39 is 0 Å². The Morgan fingerprint density at radius 1 is 1.25 bits per heavy atom. The van der Waals surface area contributed by atoms with Crippen molar-refractivity contribution in [3.63, 3.8) is 0 Å². The maximum Gasteiger partial charge on any atom is 0.201 e. The molecule has 0 aromatic carbocycles. The first-order valence-electron chi connectivity index (χ1n) is 5.67. The predicted octanol–water partition coefficient (Wildman–Crippen LogP) is 2.48. The lowest BCUT2D eigenvalue weighted by atomic mass is 9.84. The third-order valence-electron chi connectivity index (χ3n) is 2.82. The van der Waals surface area contributed by atoms with Crippen molar-refractivity contribution >= 4 is 7.41 Å². The average Bonchev–Trinajstić information content (AvgIpc) is 2.57. The lowest BCUT2D eigenvalue weighted by molar-refractivity contribution is 0.639. The molecule has 2 heteroatoms. The van der Waals surface area contributed by atoms with E-state index in [9.17, 15) is 0 Å². The van der Waals surface area contributed by atoms with E-state index in [2.05, 4.69) is 12.2 Å². The minimum absolute atomic E-state index is 0.867. The zero-order valence-corrected chi connectivity index (χ0v) is 8.44. The quantitative estimate of drug-likeness (QED) is 0.473. The fourth-order valence-electron chi connectivity index (χ4n) is 1.99. The second-order valence-corrected chi connectivity index (χ2v) is 4.00. The summed E-state index contributed by atoms with van der Waals surface area (Å²) in [5, 5.41) is 3.64. The van der Waals surface area contributed by atoms with Gasteiger partial charge in [0.1, 0.15) is 0 Å². The van der Waals surface area contributed by atoms with Crippen molar-refractivity contribution < 1.29 is 0 Å². The smallest absolute Gasteiger partial charge is 0.201 e. The van der Waals surface area contributed by atoms with Crippen molar-refractivity contribution in [2.75, 3.05) is 0 Å². The SMILES string of the molecule is CCCCCBNC1CCCC1. The van der Waals surface area contributed by atoms with E-state index in [0.717, 1.165) is 6.04 Å². The average molecular weight is 167 g/mol. The Hall–Kier alpha value is 0.0249. The van der Waals surface area contributed by atoms with Crippen LogP contribution in [0.15, 0.2) is 0 Å². The first kappa shape index (κ1) is 10.1. The summed E-state index contributed by atoms with van der Waals surface area (Å²) >= 11 is 0. The van der Waals surface area contributed by atoms with Crippen LogP contribution in [0.4, 0.5) is 0 Å². The van der Waals surface area contributed by atoms with Crippen molar-refractivity contribution in [3.8, 4) is 0 Å². The molecule has 0 atom stereocenters. The van der Waals surface area contributed by atoms with E-state index in [1.54, 1.807) is 0 Å². The van der Waals surface area contributed by atoms with Crippen LogP contribution in [0.3, 0.4) is 0 Å². The Morgan fingerprint density at radius 2 is 2.00 bits per heavy atom. The van der Waals surface area contributed by atoms with Gasteiger partial charge in [-0.15, -0.1) is 0 Å². The summed E-state index contributed by atoms with van der Waals surface area (Å²) in [4.78, 5) is 0. The molecule has 1 nitrogen and oxygen atoms in total. The standard InChI is InChI=1S/C10H22BN/c1-2-3-6-9-11-12-10-7-4-5-8-10/h10-12H,2-9H2,1H3. The zero-order valence-electron chi connectivity index (χ0n) is 8.44. The molecule has 0 radical (unpaired) electrons. The first-order chi connectivity index (χ1) is 5.93. The molecule has 0 heterocycles. The molecule has 1 aliphatic carbocycles. The van der Waals surface area contributed by atoms with Gasteiger partial charge in [0.2, 0.25) is 7.41 Å². The van der Waals surface area contributed by atoms with Crippen molar-refractivity contribution in [3.05, 3.63) is 0 Å². The first-order valence-corrected chi connectivity index (χ1v) is 5.67. The molecule has 12 heavy (non-hydrogen) atoms. The molecule has 1 N–H and O–H groups in total. The number of unbranched alkanes of at least 4 members (excludes halogenated alkanes) is 2. The highest BCUT2D eigenvalue weighted by molar-refractivity contribution is 6.32. The van der Waals surface area contributed by atoms with Gasteiger partial charge in [-0.25, -0.2) is 0 Å². The maximum atomic E-state index is 3.64. The monoisotopic (exact) mass is 167 g/mol. The molecule has 0 aliphatic heterocycles. The Bertz CT molecular complexity index is 100. The third-order valence-corrected chi connectivity index (χ3v) is 2.82. The highest BCUT2D eigenvalue weighted by Crippen LogP contribution is 2.17. The molecule has 1 saturated carbocycles. The fourth-order valence-corrected chi connectivity index (χ4v) is 1.99. The van der Waals surface area contributed by atoms with Crippen LogP contribution in [0, 0.1) is 0 Å². The van der Waals surface area contributed by atoms with Crippen molar-refractivity contribution in [2.45, 2.75) is 64.2 Å². The van der Waals surface area contributed by atoms with Crippen LogP contribution in [-0.4, -0.2) is 13.5 Å². The van der Waals surface area contributed by atoms with E-state index in [0.29, 0.717) is 0 Å². The van der Waals surface area contributed by atoms with Gasteiger partial charge >= 0.3 is 0 Å². The van der Waals surface area contributed by atoms with E-state index >= 15 is 0 Å². The third kappa shape index (κ3) is 4.15. The van der Waals surface area contributed by atoms with Crippen LogP contribution < -0.4 is 5.23 Å². The molecule has 70 valence electrons. The molecule has 1 aliphatic rings. The molecule has 0 amide bonds. The second kappa shape index (κ2) is 6.53. The van der Waals surface area contributed by atoms with Crippen molar-refractivity contribution in [1.29, 1.82) is 0 Å². The molecule has 0 aromatic heterocycles. The number of nitrogens with one attached hydrogen (secondary N) is 1. The number of hydrogen-bond acceptors (Lipinski definition) is 1. The Balaban J connectivity index is 1.81. The van der Waals surface area contributed by atoms with Crippen molar-refractivity contribution in [1.82, 2.24) is 5.23 Å². The Kier molecular flexibility index (Phi) is 5.50. The highest BCUT2D eigenvalue weighted by atomic mass is 14.8. The molecule has 0 aromatic rings. The van der Waals surface area contributed by atoms with Crippen LogP contribution in [0.5, 0.6) is 0 Å². The summed E-state index contributed by atoms with van der Waals surface area (Å²) in [5.41, 5.74) is 0. The van der Waals surface area contributed by atoms with E-state index in [1.165, 1.54) is 58.7 Å². The molecule has 0 unspecified atom stereocenters. The molecular formula is C10H22BN. The summed E-state index contributed by atoms with van der Waals surface area (Å²) in [6.07, 6.45) is 11.3. The summed E-state index contributed by atoms with van der Waals surface area (Å²) < 4.78 is 0. The zero-order chi connectivity index (χ0) is 8.65. The summed E-state index contributed by atoms with van der Waals surface area (Å²) in [7, 11) is 1.25. The number of rotatable bonds is 6. The van der Waals surface area contributed by atoms with Gasteiger partial charge in [-0.2, -0.15) is 0 Å². The van der Waals surface area contributed by atoms with Gasteiger partial charge in [0.25, 0.3) is 0 Å². The lowest BCUT2D eigenvalue weighted by Crippen LogP contribution is -2.29. The largest absolute Gasteiger partial charge is 0.356 e. The summed E-state index contributed by atoms with van der Waals surface area (Å²) in [6.45, 7) is 2.27. The van der Waals surface area contributed by atoms with Crippen LogP contribution in [0.1, 0.15) is 51.9 Å². The van der Waals surface area contributed by atoms with E-state index in [4.69, 9.17) is 0 Å². The van der Waals surface area contributed by atoms with Crippen molar-refractivity contribution in [2.24, 2.45) is 0 Å². The highest BCUT2D eigenvalue weighted by Gasteiger charge is 2.13. The van der Waals surface area contributed by atoms with Crippen LogP contribution in [0.25, 0.3) is 0 Å². The van der Waals surface area contributed by atoms with Gasteiger partial charge in [-0.05, 0) is 18.9 Å². The Morgan fingerprint density at radius 3 is 2.67 bits per heavy atom. The van der Waals surface area contributed by atoms with Gasteiger partial charge in [-0.3, -0.25) is 0 Å². The van der Waals surface area contributed by atoms with Gasteiger partial charge in [0, 0.05) is 0 Å². The molecule has 0 saturated heterocycles. The van der Waals surface area contributed by atoms with Gasteiger partial charge in [-0.1, -0.05) is 45.3 Å². The van der Waals surface area contributed by atoms with Crippen LogP contribution in [0.2, 0.25) is 6.32 Å². The van der Waals surface area contributed by atoms with E-state index in [-0.39, 0.29) is 0 Å². The number of hydrogen-bond donors (Lipinski definition) is 1. The van der Waals surface area contributed by atoms with Gasteiger partial charge in [0.05, 0.1) is 0 Å². The predicted molar refractivity (Wildman–Crippen MR) is 56.9 cm³/mol. The van der Waals surface area contributed by atoms with Crippen LogP contribution in [-0.2, 0) is 0 Å². The van der Waals surface area contributed by atoms with Crippen LogP contribution >= 0.6 is 0 Å². The summed E-state index contributed by atoms with van der Waals surface area (Å²) in [6, 6.07) is 0.867. The molecular weight excluding hydrogens is 145 g/mol. The summed E-state index contributed by atoms with van der Waals surface area (Å²) in [5.74, 6) is 0. The maximum absolute atomic E-state index is 3.64. The topological polar surface area (TPSA) is 12.0 Å². The minimum Gasteiger partial charge on any atom is -0.356 e. The molecule has 1 fully saturated rings. The van der Waals surface area contributed by atoms with Gasteiger partial charge in [0.15, 0.2) is 0 Å². The lowest BCUT2D eigenvalue weighted by Gasteiger charge is -2.09. The molecule has 0 spiro atoms. The second-order valence-electron chi connectivity index (χ2n) is 4.00. The van der Waals surface area contributed by atoms with E-state index in [1.807, 2.05) is 0 Å². The normalized spacial score (nSPS) is 18.4. The molecule has 0 bridgehead atoms. The Labute approximate surface area is 77.6 Å². The fraction of sp³-hybridized carbons (Fsp3) is 1.00. The molecule has 1 rings (SSSR count). The van der Waals surface area contributed by atoms with Gasteiger partial charge < -0.3 is 5.23 Å². The minimum atomic E-state index is 0.867.